The van der Waals surface area contributed by atoms with Gasteiger partial charge in [0.1, 0.15) is 5.76 Å². The normalized spacial score (nSPS) is 12.7. The first-order chi connectivity index (χ1) is 9.13. The van der Waals surface area contributed by atoms with E-state index in [4.69, 9.17) is 4.42 Å². The molecule has 0 aliphatic carbocycles. The Morgan fingerprint density at radius 2 is 2.37 bits per heavy atom. The number of fused-ring (bicyclic) bond motifs is 1. The number of nitrogens with zero attached hydrogens (tertiary/aromatic N) is 3. The predicted molar refractivity (Wildman–Crippen MR) is 72.6 cm³/mol. The Kier molecular flexibility index (Phi) is 2.83. The van der Waals surface area contributed by atoms with Crippen molar-refractivity contribution in [2.75, 3.05) is 5.32 Å². The van der Waals surface area contributed by atoms with Crippen LogP contribution in [0.15, 0.2) is 33.7 Å². The zero-order chi connectivity index (χ0) is 13.4. The van der Waals surface area contributed by atoms with E-state index in [0.717, 1.165) is 5.76 Å². The number of aromatic nitrogens is 3. The van der Waals surface area contributed by atoms with Crippen LogP contribution in [0.25, 0.3) is 4.96 Å². The van der Waals surface area contributed by atoms with Crippen molar-refractivity contribution in [3.63, 3.8) is 0 Å². The highest BCUT2D eigenvalue weighted by Gasteiger charge is 2.12. The Labute approximate surface area is 112 Å². The maximum Gasteiger partial charge on any atom is 0.275 e. The topological polar surface area (TPSA) is 72.4 Å². The van der Waals surface area contributed by atoms with Gasteiger partial charge in [-0.05, 0) is 26.0 Å². The van der Waals surface area contributed by atoms with Crippen molar-refractivity contribution in [3.8, 4) is 0 Å². The molecule has 0 fully saturated rings. The Bertz CT molecular complexity index is 760. The molecule has 0 spiro atoms. The number of anilines is 1. The first-order valence-corrected chi connectivity index (χ1v) is 6.62. The van der Waals surface area contributed by atoms with Crippen molar-refractivity contribution in [1.29, 1.82) is 0 Å². The summed E-state index contributed by atoms with van der Waals surface area (Å²) in [6.07, 6.45) is 1.63. The summed E-state index contributed by atoms with van der Waals surface area (Å²) >= 11 is 1.34. The van der Waals surface area contributed by atoms with Gasteiger partial charge in [-0.25, -0.2) is 4.98 Å². The summed E-state index contributed by atoms with van der Waals surface area (Å²) in [6.45, 7) is 3.76. The molecule has 1 atom stereocenters. The Balaban J connectivity index is 1.94. The maximum atomic E-state index is 11.7. The average Bonchev–Trinajstić information content (AvgIpc) is 2.96. The van der Waals surface area contributed by atoms with E-state index in [1.807, 2.05) is 19.1 Å². The number of rotatable bonds is 3. The third-order valence-electron chi connectivity index (χ3n) is 2.68. The fraction of sp³-hybridized carbons (Fsp3) is 0.250. The molecule has 0 aliphatic heterocycles. The SMILES string of the molecule is Cc1cc(=O)n2nc(N[C@@H](C)c3ccco3)sc2n1. The molecule has 3 aromatic heterocycles. The smallest absolute Gasteiger partial charge is 0.275 e. The van der Waals surface area contributed by atoms with Crippen molar-refractivity contribution in [1.82, 2.24) is 14.6 Å². The van der Waals surface area contributed by atoms with E-state index < -0.39 is 0 Å². The quantitative estimate of drug-likeness (QED) is 0.794. The van der Waals surface area contributed by atoms with Gasteiger partial charge in [-0.2, -0.15) is 4.52 Å². The van der Waals surface area contributed by atoms with Crippen molar-refractivity contribution >= 4 is 21.4 Å². The molecule has 19 heavy (non-hydrogen) atoms. The lowest BCUT2D eigenvalue weighted by Gasteiger charge is -2.08. The highest BCUT2D eigenvalue weighted by atomic mass is 32.1. The zero-order valence-electron chi connectivity index (χ0n) is 10.5. The van der Waals surface area contributed by atoms with Gasteiger partial charge < -0.3 is 9.73 Å². The molecule has 0 bridgehead atoms. The molecule has 3 heterocycles. The van der Waals surface area contributed by atoms with Gasteiger partial charge in [-0.15, -0.1) is 5.10 Å². The number of nitrogens with one attached hydrogen (secondary N) is 1. The second-order valence-corrected chi connectivity index (χ2v) is 5.17. The van der Waals surface area contributed by atoms with Crippen molar-refractivity contribution in [2.45, 2.75) is 19.9 Å². The summed E-state index contributed by atoms with van der Waals surface area (Å²) in [5, 5.41) is 8.04. The Hall–Kier alpha value is -2.15. The molecule has 1 N–H and O–H groups in total. The molecule has 3 rings (SSSR count). The minimum absolute atomic E-state index is 0.0210. The number of hydrogen-bond acceptors (Lipinski definition) is 6. The van der Waals surface area contributed by atoms with Crippen molar-refractivity contribution < 1.29 is 4.42 Å². The summed E-state index contributed by atoms with van der Waals surface area (Å²) in [5.74, 6) is 0.816. The Morgan fingerprint density at radius 1 is 1.53 bits per heavy atom. The summed E-state index contributed by atoms with van der Waals surface area (Å²) in [6, 6.07) is 5.17. The van der Waals surface area contributed by atoms with Crippen LogP contribution in [-0.4, -0.2) is 14.6 Å². The fourth-order valence-electron chi connectivity index (χ4n) is 1.77. The van der Waals surface area contributed by atoms with Crippen LogP contribution in [0.3, 0.4) is 0 Å². The van der Waals surface area contributed by atoms with E-state index in [1.165, 1.54) is 21.9 Å². The van der Waals surface area contributed by atoms with Crippen LogP contribution in [0.1, 0.15) is 24.4 Å². The monoisotopic (exact) mass is 276 g/mol. The summed E-state index contributed by atoms with van der Waals surface area (Å²) in [5.41, 5.74) is 0.525. The third kappa shape index (κ3) is 2.24. The molecule has 98 valence electrons. The summed E-state index contributed by atoms with van der Waals surface area (Å²) in [4.78, 5) is 16.6. The van der Waals surface area contributed by atoms with Crippen LogP contribution in [0.5, 0.6) is 0 Å². The molecule has 0 amide bonds. The molecule has 0 saturated heterocycles. The van der Waals surface area contributed by atoms with Gasteiger partial charge in [-0.1, -0.05) is 11.3 Å². The van der Waals surface area contributed by atoms with Gasteiger partial charge in [0.2, 0.25) is 10.1 Å². The van der Waals surface area contributed by atoms with E-state index in [9.17, 15) is 4.79 Å². The molecule has 6 nitrogen and oxygen atoms in total. The molecule has 0 aliphatic rings. The molecular formula is C12H12N4O2S. The minimum atomic E-state index is -0.169. The molecule has 7 heteroatoms. The first-order valence-electron chi connectivity index (χ1n) is 5.81. The van der Waals surface area contributed by atoms with E-state index in [2.05, 4.69) is 15.4 Å². The first kappa shape index (κ1) is 11.9. The standard InChI is InChI=1S/C12H12N4O2S/c1-7-6-10(17)16-12(13-7)19-11(15-16)14-8(2)9-4-3-5-18-9/h3-6,8H,1-2H3,(H,14,15)/t8-/m0/s1. The van der Waals surface area contributed by atoms with Gasteiger partial charge in [0.05, 0.1) is 12.3 Å². The third-order valence-corrected chi connectivity index (χ3v) is 3.52. The zero-order valence-corrected chi connectivity index (χ0v) is 11.3. The Morgan fingerprint density at radius 3 is 3.11 bits per heavy atom. The fourth-order valence-corrected chi connectivity index (χ4v) is 2.71. The maximum absolute atomic E-state index is 11.7. The average molecular weight is 276 g/mol. The molecule has 3 aromatic rings. The van der Waals surface area contributed by atoms with E-state index >= 15 is 0 Å². The van der Waals surface area contributed by atoms with Crippen molar-refractivity contribution in [3.05, 3.63) is 46.3 Å². The highest BCUT2D eigenvalue weighted by Crippen LogP contribution is 2.23. The lowest BCUT2D eigenvalue weighted by atomic mass is 10.3. The molecule has 0 saturated carbocycles. The summed E-state index contributed by atoms with van der Waals surface area (Å²) < 4.78 is 6.62. The lowest BCUT2D eigenvalue weighted by Crippen LogP contribution is -2.14. The molecule has 0 aromatic carbocycles. The van der Waals surface area contributed by atoms with Crippen LogP contribution in [-0.2, 0) is 0 Å². The molecular weight excluding hydrogens is 264 g/mol. The van der Waals surface area contributed by atoms with E-state index in [-0.39, 0.29) is 11.6 Å². The van der Waals surface area contributed by atoms with Crippen LogP contribution < -0.4 is 10.9 Å². The predicted octanol–water partition coefficient (Wildman–Crippen LogP) is 2.23. The lowest BCUT2D eigenvalue weighted by molar-refractivity contribution is 0.490. The molecule has 0 unspecified atom stereocenters. The van der Waals surface area contributed by atoms with E-state index in [1.54, 1.807) is 13.2 Å². The van der Waals surface area contributed by atoms with Gasteiger partial charge in [0, 0.05) is 11.8 Å². The van der Waals surface area contributed by atoms with Gasteiger partial charge in [0.25, 0.3) is 5.56 Å². The number of furan rings is 1. The number of hydrogen-bond donors (Lipinski definition) is 1. The number of aryl methyl sites for hydroxylation is 1. The van der Waals surface area contributed by atoms with Gasteiger partial charge in [-0.3, -0.25) is 4.79 Å². The second-order valence-electron chi connectivity index (χ2n) is 4.22. The van der Waals surface area contributed by atoms with Crippen LogP contribution in [0.2, 0.25) is 0 Å². The van der Waals surface area contributed by atoms with Crippen LogP contribution in [0.4, 0.5) is 5.13 Å². The second kappa shape index (κ2) is 4.51. The van der Waals surface area contributed by atoms with Gasteiger partial charge in [0.15, 0.2) is 0 Å². The van der Waals surface area contributed by atoms with Crippen LogP contribution >= 0.6 is 11.3 Å². The van der Waals surface area contributed by atoms with Crippen molar-refractivity contribution in [2.24, 2.45) is 0 Å². The largest absolute Gasteiger partial charge is 0.467 e. The molecule has 0 radical (unpaired) electrons. The minimum Gasteiger partial charge on any atom is -0.467 e. The highest BCUT2D eigenvalue weighted by molar-refractivity contribution is 7.20. The van der Waals surface area contributed by atoms with Gasteiger partial charge >= 0.3 is 0 Å². The van der Waals surface area contributed by atoms with E-state index in [0.29, 0.717) is 15.8 Å². The summed E-state index contributed by atoms with van der Waals surface area (Å²) in [7, 11) is 0. The van der Waals surface area contributed by atoms with Crippen LogP contribution in [0, 0.1) is 6.92 Å².